The van der Waals surface area contributed by atoms with E-state index in [0.717, 1.165) is 36.5 Å². The molecule has 3 rings (SSSR count). The number of para-hydroxylation sites is 1. The van der Waals surface area contributed by atoms with Gasteiger partial charge < -0.3 is 10.0 Å². The Morgan fingerprint density at radius 3 is 2.46 bits per heavy atom. The zero-order valence-electron chi connectivity index (χ0n) is 20.2. The second kappa shape index (κ2) is 10.9. The standard InChI is InChI=1S/C24H32N2O6S3/c1-4-6-12-24(5-2)17-26(19-10-8-7-9-11-19)20-14-21(34(3,29)30)18(15-33-16-23(27)28)13-22(20)35(31,32)25-24/h7-11,13-14,25H,4-6,12,15-17H2,1-3H3,(H,27,28)/t24-/m0/s1. The average molecular weight is 541 g/mol. The van der Waals surface area contributed by atoms with Gasteiger partial charge in [0.15, 0.2) is 9.84 Å². The van der Waals surface area contributed by atoms with Crippen molar-refractivity contribution in [3.05, 3.63) is 48.0 Å². The van der Waals surface area contributed by atoms with Crippen molar-refractivity contribution in [1.29, 1.82) is 0 Å². The number of fused-ring (bicyclic) bond motifs is 1. The van der Waals surface area contributed by atoms with Crippen LogP contribution < -0.4 is 9.62 Å². The Morgan fingerprint density at radius 1 is 1.20 bits per heavy atom. The first-order valence-electron chi connectivity index (χ1n) is 11.5. The van der Waals surface area contributed by atoms with E-state index in [2.05, 4.69) is 11.6 Å². The molecule has 2 N–H and O–H groups in total. The number of unbranched alkanes of at least 4 members (excludes halogenated alkanes) is 1. The minimum Gasteiger partial charge on any atom is -0.481 e. The van der Waals surface area contributed by atoms with E-state index < -0.39 is 31.4 Å². The van der Waals surface area contributed by atoms with Crippen LogP contribution >= 0.6 is 11.8 Å². The van der Waals surface area contributed by atoms with Crippen LogP contribution in [0.15, 0.2) is 52.3 Å². The van der Waals surface area contributed by atoms with Gasteiger partial charge in [0.05, 0.1) is 21.9 Å². The van der Waals surface area contributed by atoms with E-state index >= 15 is 0 Å². The van der Waals surface area contributed by atoms with Gasteiger partial charge in [-0.2, -0.15) is 0 Å². The topological polar surface area (TPSA) is 121 Å². The van der Waals surface area contributed by atoms with Crippen LogP contribution in [0, 0.1) is 0 Å². The summed E-state index contributed by atoms with van der Waals surface area (Å²) in [5.41, 5.74) is 0.582. The van der Waals surface area contributed by atoms with Gasteiger partial charge in [0.2, 0.25) is 10.0 Å². The second-order valence-electron chi connectivity index (χ2n) is 8.85. The minimum atomic E-state index is -4.01. The summed E-state index contributed by atoms with van der Waals surface area (Å²) in [6.07, 6.45) is 4.01. The second-order valence-corrected chi connectivity index (χ2v) is 13.5. The first-order chi connectivity index (χ1) is 16.4. The highest BCUT2D eigenvalue weighted by atomic mass is 32.2. The molecule has 0 saturated carbocycles. The number of anilines is 2. The monoisotopic (exact) mass is 540 g/mol. The summed E-state index contributed by atoms with van der Waals surface area (Å²) in [6.45, 7) is 4.35. The number of sulfone groups is 1. The van der Waals surface area contributed by atoms with Gasteiger partial charge in [-0.25, -0.2) is 21.6 Å². The lowest BCUT2D eigenvalue weighted by Crippen LogP contribution is -2.52. The third-order valence-corrected chi connectivity index (χ3v) is 9.92. The van der Waals surface area contributed by atoms with Gasteiger partial charge in [-0.05, 0) is 42.7 Å². The summed E-state index contributed by atoms with van der Waals surface area (Å²) >= 11 is 1.02. The molecule has 0 unspecified atom stereocenters. The highest BCUT2D eigenvalue weighted by molar-refractivity contribution is 7.99. The largest absolute Gasteiger partial charge is 0.481 e. The average Bonchev–Trinajstić information content (AvgIpc) is 2.89. The van der Waals surface area contributed by atoms with E-state index in [0.29, 0.717) is 25.1 Å². The Bertz CT molecular complexity index is 1280. The number of hydrogen-bond acceptors (Lipinski definition) is 7. The summed E-state index contributed by atoms with van der Waals surface area (Å²) in [6, 6.07) is 12.2. The number of benzene rings is 2. The molecule has 35 heavy (non-hydrogen) atoms. The number of aliphatic carboxylic acids is 1. The maximum Gasteiger partial charge on any atom is 0.313 e. The lowest BCUT2D eigenvalue weighted by molar-refractivity contribution is -0.133. The number of rotatable bonds is 10. The number of nitrogens with zero attached hydrogens (tertiary/aromatic N) is 1. The predicted octanol–water partition coefficient (Wildman–Crippen LogP) is 4.18. The smallest absolute Gasteiger partial charge is 0.313 e. The van der Waals surface area contributed by atoms with Crippen LogP contribution in [0.25, 0.3) is 0 Å². The van der Waals surface area contributed by atoms with Gasteiger partial charge in [-0.1, -0.05) is 44.9 Å². The molecule has 0 spiro atoms. The van der Waals surface area contributed by atoms with Gasteiger partial charge >= 0.3 is 5.97 Å². The molecule has 0 amide bonds. The van der Waals surface area contributed by atoms with E-state index in [1.165, 1.54) is 12.1 Å². The van der Waals surface area contributed by atoms with E-state index in [-0.39, 0.29) is 26.9 Å². The molecule has 0 fully saturated rings. The summed E-state index contributed by atoms with van der Waals surface area (Å²) < 4.78 is 55.9. The fraction of sp³-hybridized carbons (Fsp3) is 0.458. The van der Waals surface area contributed by atoms with E-state index in [4.69, 9.17) is 5.11 Å². The van der Waals surface area contributed by atoms with Crippen molar-refractivity contribution in [1.82, 2.24) is 4.72 Å². The van der Waals surface area contributed by atoms with Gasteiger partial charge in [0, 0.05) is 24.2 Å². The number of nitrogens with one attached hydrogen (secondary N) is 1. The van der Waals surface area contributed by atoms with Gasteiger partial charge in [0.25, 0.3) is 0 Å². The van der Waals surface area contributed by atoms with Crippen LogP contribution in [-0.2, 0) is 30.4 Å². The summed E-state index contributed by atoms with van der Waals surface area (Å²) in [5, 5.41) is 9.00. The normalized spacial score (nSPS) is 19.7. The molecule has 0 bridgehead atoms. The molecule has 1 atom stereocenters. The van der Waals surface area contributed by atoms with Crippen LogP contribution in [-0.4, -0.2) is 52.0 Å². The van der Waals surface area contributed by atoms with Gasteiger partial charge in [-0.15, -0.1) is 11.8 Å². The molecule has 0 aromatic heterocycles. The van der Waals surface area contributed by atoms with Crippen molar-refractivity contribution in [2.24, 2.45) is 0 Å². The number of hydrogen-bond donors (Lipinski definition) is 2. The minimum absolute atomic E-state index is 0.00262. The van der Waals surface area contributed by atoms with Crippen LogP contribution in [0.1, 0.15) is 45.1 Å². The molecule has 0 saturated heterocycles. The molecule has 0 aliphatic carbocycles. The van der Waals surface area contributed by atoms with Crippen molar-refractivity contribution >= 4 is 49.0 Å². The summed E-state index contributed by atoms with van der Waals surface area (Å²) in [7, 11) is -7.73. The first kappa shape index (κ1) is 27.5. The maximum absolute atomic E-state index is 13.7. The Kier molecular flexibility index (Phi) is 8.56. The maximum atomic E-state index is 13.7. The third kappa shape index (κ3) is 6.38. The Balaban J connectivity index is 2.28. The number of carbonyl (C=O) groups is 1. The molecule has 11 heteroatoms. The highest BCUT2D eigenvalue weighted by Crippen LogP contribution is 2.41. The number of thioether (sulfide) groups is 1. The predicted molar refractivity (Wildman–Crippen MR) is 140 cm³/mol. The quantitative estimate of drug-likeness (QED) is 0.461. The summed E-state index contributed by atoms with van der Waals surface area (Å²) in [4.78, 5) is 12.9. The number of carboxylic acid groups (broad SMARTS) is 1. The van der Waals surface area contributed by atoms with Crippen molar-refractivity contribution in [3.63, 3.8) is 0 Å². The first-order valence-corrected chi connectivity index (χ1v) is 16.0. The molecule has 2 aromatic rings. The lowest BCUT2D eigenvalue weighted by atomic mass is 9.89. The zero-order chi connectivity index (χ0) is 25.9. The Labute approximate surface area is 212 Å². The van der Waals surface area contributed by atoms with Crippen LogP contribution in [0.5, 0.6) is 0 Å². The molecule has 1 aliphatic rings. The molecule has 0 radical (unpaired) electrons. The van der Waals surface area contributed by atoms with Crippen molar-refractivity contribution < 1.29 is 26.7 Å². The third-order valence-electron chi connectivity index (χ3n) is 6.17. The van der Waals surface area contributed by atoms with Crippen LogP contribution in [0.3, 0.4) is 0 Å². The zero-order valence-corrected chi connectivity index (χ0v) is 22.6. The van der Waals surface area contributed by atoms with Crippen molar-refractivity contribution in [2.45, 2.75) is 60.6 Å². The molecule has 8 nitrogen and oxygen atoms in total. The molecule has 1 aliphatic heterocycles. The number of sulfonamides is 1. The Hall–Kier alpha value is -2.08. The van der Waals surface area contributed by atoms with Gasteiger partial charge in [-0.3, -0.25) is 4.79 Å². The molecular formula is C24H32N2O6S3. The van der Waals surface area contributed by atoms with Crippen molar-refractivity contribution in [2.75, 3.05) is 23.5 Å². The highest BCUT2D eigenvalue weighted by Gasteiger charge is 2.41. The summed E-state index contributed by atoms with van der Waals surface area (Å²) in [5.74, 6) is -1.20. The van der Waals surface area contributed by atoms with Crippen molar-refractivity contribution in [3.8, 4) is 0 Å². The fourth-order valence-electron chi connectivity index (χ4n) is 4.33. The van der Waals surface area contributed by atoms with Crippen LogP contribution in [0.2, 0.25) is 0 Å². The lowest BCUT2D eigenvalue weighted by Gasteiger charge is -2.36. The van der Waals surface area contributed by atoms with E-state index in [1.807, 2.05) is 42.2 Å². The van der Waals surface area contributed by atoms with Crippen LogP contribution in [0.4, 0.5) is 11.4 Å². The molecule has 1 heterocycles. The number of carboxylic acids is 1. The van der Waals surface area contributed by atoms with Gasteiger partial charge in [0.1, 0.15) is 4.90 Å². The Morgan fingerprint density at radius 2 is 1.89 bits per heavy atom. The van der Waals surface area contributed by atoms with E-state index in [1.54, 1.807) is 0 Å². The SMILES string of the molecule is CCCC[C@@]1(CC)CN(c2ccccc2)c2cc(S(C)(=O)=O)c(CSCC(=O)O)cc2S(=O)(=O)N1. The molecule has 2 aromatic carbocycles. The fourth-order valence-corrected chi connectivity index (χ4v) is 7.82. The molecule has 192 valence electrons. The molecular weight excluding hydrogens is 508 g/mol. The van der Waals surface area contributed by atoms with E-state index in [9.17, 15) is 21.6 Å².